The van der Waals surface area contributed by atoms with Gasteiger partial charge in [0.05, 0.1) is 0 Å². The van der Waals surface area contributed by atoms with Gasteiger partial charge in [-0.2, -0.15) is 0 Å². The molecule has 1 aliphatic carbocycles. The maximum absolute atomic E-state index is 2.29. The van der Waals surface area contributed by atoms with E-state index in [-0.39, 0.29) is 0 Å². The third kappa shape index (κ3) is 4.60. The van der Waals surface area contributed by atoms with Gasteiger partial charge in [-0.15, -0.1) is 0 Å². The molecule has 0 saturated heterocycles. The standard InChI is InChI=1S/C11H16/c1-2-4-6-8-10-11-9-7-5-3-1/h1-4,7,9H,5-6,8,10-11H2/b3-1-,4-2?,9-7-. The first kappa shape index (κ1) is 8.32. The van der Waals surface area contributed by atoms with Gasteiger partial charge in [-0.1, -0.05) is 36.5 Å². The fourth-order valence-corrected chi connectivity index (χ4v) is 1.15. The maximum Gasteiger partial charge on any atom is -0.0166 e. The molecule has 0 radical (unpaired) electrons. The minimum absolute atomic E-state index is 1.09. The molecule has 11 heavy (non-hydrogen) atoms. The van der Waals surface area contributed by atoms with Gasteiger partial charge in [-0.3, -0.25) is 0 Å². The van der Waals surface area contributed by atoms with Crippen LogP contribution in [0.25, 0.3) is 0 Å². The normalized spacial score (nSPS) is 25.5. The van der Waals surface area contributed by atoms with Gasteiger partial charge in [0, 0.05) is 0 Å². The maximum atomic E-state index is 2.29. The Labute approximate surface area is 69.3 Å². The fraction of sp³-hybridized carbons (Fsp3) is 0.455. The van der Waals surface area contributed by atoms with E-state index in [1.165, 1.54) is 25.7 Å². The fourth-order valence-electron chi connectivity index (χ4n) is 1.15. The van der Waals surface area contributed by atoms with Crippen molar-refractivity contribution in [2.75, 3.05) is 0 Å². The van der Waals surface area contributed by atoms with Crippen molar-refractivity contribution < 1.29 is 0 Å². The molecule has 0 saturated carbocycles. The molecule has 0 aliphatic heterocycles. The van der Waals surface area contributed by atoms with Gasteiger partial charge in [0.15, 0.2) is 0 Å². The van der Waals surface area contributed by atoms with Gasteiger partial charge < -0.3 is 0 Å². The molecule has 0 atom stereocenters. The number of hydrogen-bond acceptors (Lipinski definition) is 0. The molecule has 0 heteroatoms. The summed E-state index contributed by atoms with van der Waals surface area (Å²) < 4.78 is 0. The second-order valence-corrected chi connectivity index (χ2v) is 2.85. The first-order chi connectivity index (χ1) is 5.50. The zero-order chi connectivity index (χ0) is 7.78. The average molecular weight is 148 g/mol. The second kappa shape index (κ2) is 5.96. The lowest BCUT2D eigenvalue weighted by molar-refractivity contribution is 0.761. The summed E-state index contributed by atoms with van der Waals surface area (Å²) in [5.41, 5.74) is 0. The predicted molar refractivity (Wildman–Crippen MR) is 50.5 cm³/mol. The quantitative estimate of drug-likeness (QED) is 0.460. The van der Waals surface area contributed by atoms with Crippen LogP contribution in [0.1, 0.15) is 32.1 Å². The van der Waals surface area contributed by atoms with Crippen LogP contribution in [0.4, 0.5) is 0 Å². The van der Waals surface area contributed by atoms with Gasteiger partial charge in [0.25, 0.3) is 0 Å². The molecule has 0 unspecified atom stereocenters. The van der Waals surface area contributed by atoms with Crippen molar-refractivity contribution in [3.05, 3.63) is 36.5 Å². The van der Waals surface area contributed by atoms with E-state index < -0.39 is 0 Å². The minimum atomic E-state index is 1.09. The molecule has 60 valence electrons. The van der Waals surface area contributed by atoms with Gasteiger partial charge in [0.2, 0.25) is 0 Å². The molecular weight excluding hydrogens is 132 g/mol. The van der Waals surface area contributed by atoms with Gasteiger partial charge in [-0.05, 0) is 32.1 Å². The molecule has 0 fully saturated rings. The third-order valence-corrected chi connectivity index (χ3v) is 1.81. The lowest BCUT2D eigenvalue weighted by Crippen LogP contribution is -1.71. The van der Waals surface area contributed by atoms with Crippen molar-refractivity contribution in [2.24, 2.45) is 0 Å². The van der Waals surface area contributed by atoms with E-state index in [4.69, 9.17) is 0 Å². The van der Waals surface area contributed by atoms with E-state index in [0.717, 1.165) is 6.42 Å². The molecular formula is C11H16. The summed E-state index contributed by atoms with van der Waals surface area (Å²) in [5, 5.41) is 0. The lowest BCUT2D eigenvalue weighted by Gasteiger charge is -1.90. The smallest absolute Gasteiger partial charge is 0.0166 e. The van der Waals surface area contributed by atoms with E-state index in [0.29, 0.717) is 0 Å². The zero-order valence-electron chi connectivity index (χ0n) is 7.00. The Morgan fingerprint density at radius 2 is 1.36 bits per heavy atom. The SMILES string of the molecule is C1=CCCCC/C=C\C/C=C\1. The summed E-state index contributed by atoms with van der Waals surface area (Å²) in [4.78, 5) is 0. The Hall–Kier alpha value is -0.780. The minimum Gasteiger partial charge on any atom is -0.0882 e. The monoisotopic (exact) mass is 148 g/mol. The molecule has 0 N–H and O–H groups in total. The Kier molecular flexibility index (Phi) is 4.51. The van der Waals surface area contributed by atoms with Gasteiger partial charge in [0.1, 0.15) is 0 Å². The van der Waals surface area contributed by atoms with Crippen LogP contribution in [-0.2, 0) is 0 Å². The highest BCUT2D eigenvalue weighted by Crippen LogP contribution is 2.03. The van der Waals surface area contributed by atoms with Crippen LogP contribution in [-0.4, -0.2) is 0 Å². The Bertz CT molecular complexity index is 161. The van der Waals surface area contributed by atoms with Crippen LogP contribution in [0.15, 0.2) is 36.5 Å². The van der Waals surface area contributed by atoms with Crippen LogP contribution in [0.3, 0.4) is 0 Å². The van der Waals surface area contributed by atoms with Crippen LogP contribution < -0.4 is 0 Å². The zero-order valence-corrected chi connectivity index (χ0v) is 7.00. The molecule has 0 aromatic heterocycles. The highest BCUT2D eigenvalue weighted by atomic mass is 13.9. The molecule has 1 rings (SSSR count). The number of allylic oxidation sites excluding steroid dienone is 6. The summed E-state index contributed by atoms with van der Waals surface area (Å²) in [6.45, 7) is 0. The van der Waals surface area contributed by atoms with Crippen molar-refractivity contribution in [1.29, 1.82) is 0 Å². The number of hydrogen-bond donors (Lipinski definition) is 0. The molecule has 1 aliphatic rings. The molecule has 0 aromatic rings. The summed E-state index contributed by atoms with van der Waals surface area (Å²) in [6, 6.07) is 0. The number of rotatable bonds is 0. The van der Waals surface area contributed by atoms with Crippen LogP contribution in [0.5, 0.6) is 0 Å². The average Bonchev–Trinajstić information content (AvgIpc) is 2.08. The van der Waals surface area contributed by atoms with E-state index in [9.17, 15) is 0 Å². The molecule has 0 nitrogen and oxygen atoms in total. The van der Waals surface area contributed by atoms with Gasteiger partial charge >= 0.3 is 0 Å². The summed E-state index contributed by atoms with van der Waals surface area (Å²) in [5.74, 6) is 0. The summed E-state index contributed by atoms with van der Waals surface area (Å²) in [7, 11) is 0. The van der Waals surface area contributed by atoms with Crippen molar-refractivity contribution >= 4 is 0 Å². The second-order valence-electron chi connectivity index (χ2n) is 2.85. The highest BCUT2D eigenvalue weighted by molar-refractivity contribution is 5.05. The van der Waals surface area contributed by atoms with Crippen LogP contribution in [0.2, 0.25) is 0 Å². The molecule has 0 heterocycles. The lowest BCUT2D eigenvalue weighted by atomic mass is 10.2. The topological polar surface area (TPSA) is 0 Å². The van der Waals surface area contributed by atoms with Crippen molar-refractivity contribution in [2.45, 2.75) is 32.1 Å². The van der Waals surface area contributed by atoms with Crippen molar-refractivity contribution in [3.8, 4) is 0 Å². The van der Waals surface area contributed by atoms with E-state index in [2.05, 4.69) is 36.5 Å². The van der Waals surface area contributed by atoms with Gasteiger partial charge in [-0.25, -0.2) is 0 Å². The Balaban J connectivity index is 2.35. The Morgan fingerprint density at radius 3 is 2.27 bits per heavy atom. The van der Waals surface area contributed by atoms with Crippen LogP contribution in [0, 0.1) is 0 Å². The van der Waals surface area contributed by atoms with Crippen molar-refractivity contribution in [3.63, 3.8) is 0 Å². The van der Waals surface area contributed by atoms with E-state index in [1.54, 1.807) is 0 Å². The highest BCUT2D eigenvalue weighted by Gasteiger charge is 1.83. The van der Waals surface area contributed by atoms with E-state index in [1.807, 2.05) is 0 Å². The van der Waals surface area contributed by atoms with Crippen molar-refractivity contribution in [1.82, 2.24) is 0 Å². The third-order valence-electron chi connectivity index (χ3n) is 1.81. The molecule has 0 aromatic carbocycles. The van der Waals surface area contributed by atoms with Crippen LogP contribution >= 0.6 is 0 Å². The molecule has 0 amide bonds. The molecule has 0 bridgehead atoms. The first-order valence-corrected chi connectivity index (χ1v) is 4.47. The first-order valence-electron chi connectivity index (χ1n) is 4.47. The predicted octanol–water partition coefficient (Wildman–Crippen LogP) is 3.62. The van der Waals surface area contributed by atoms with E-state index >= 15 is 0 Å². The summed E-state index contributed by atoms with van der Waals surface area (Å²) >= 11 is 0. The summed E-state index contributed by atoms with van der Waals surface area (Å²) in [6.07, 6.45) is 19.5. The molecule has 0 spiro atoms. The Morgan fingerprint density at radius 1 is 0.636 bits per heavy atom. The largest absolute Gasteiger partial charge is 0.0882 e.